The number of benzene rings is 1. The van der Waals surface area contributed by atoms with Crippen molar-refractivity contribution in [1.29, 1.82) is 0 Å². The van der Waals surface area contributed by atoms with E-state index in [0.29, 0.717) is 12.2 Å². The lowest BCUT2D eigenvalue weighted by atomic mass is 10.2. The molecule has 0 fully saturated rings. The van der Waals surface area contributed by atoms with Crippen LogP contribution in [-0.4, -0.2) is 21.4 Å². The number of imidazole rings is 1. The van der Waals surface area contributed by atoms with Gasteiger partial charge in [0.15, 0.2) is 0 Å². The summed E-state index contributed by atoms with van der Waals surface area (Å²) in [6, 6.07) is 5.04. The SMILES string of the molecule is Cc1ccc([N+](=O)[O-])c(NCCc2cnc[nH]2)c1. The number of H-pyrrole nitrogens is 1. The van der Waals surface area contributed by atoms with Crippen LogP contribution in [-0.2, 0) is 6.42 Å². The van der Waals surface area contributed by atoms with Crippen LogP contribution in [0.2, 0.25) is 0 Å². The molecule has 6 heteroatoms. The molecular formula is C12H14N4O2. The number of aryl methyl sites for hydroxylation is 1. The fourth-order valence-corrected chi connectivity index (χ4v) is 1.70. The summed E-state index contributed by atoms with van der Waals surface area (Å²) in [6.07, 6.45) is 4.10. The van der Waals surface area contributed by atoms with Crippen molar-refractivity contribution in [3.8, 4) is 0 Å². The van der Waals surface area contributed by atoms with Gasteiger partial charge in [-0.1, -0.05) is 6.07 Å². The highest BCUT2D eigenvalue weighted by Gasteiger charge is 2.12. The summed E-state index contributed by atoms with van der Waals surface area (Å²) < 4.78 is 0. The molecule has 0 aliphatic carbocycles. The summed E-state index contributed by atoms with van der Waals surface area (Å²) in [7, 11) is 0. The van der Waals surface area contributed by atoms with Crippen molar-refractivity contribution in [3.63, 3.8) is 0 Å². The lowest BCUT2D eigenvalue weighted by Crippen LogP contribution is -2.07. The second-order valence-electron chi connectivity index (χ2n) is 4.03. The van der Waals surface area contributed by atoms with Crippen LogP contribution in [0.5, 0.6) is 0 Å². The molecule has 0 unspecified atom stereocenters. The summed E-state index contributed by atoms with van der Waals surface area (Å²) in [5.41, 5.74) is 2.65. The van der Waals surface area contributed by atoms with Crippen molar-refractivity contribution < 1.29 is 4.92 Å². The molecule has 0 amide bonds. The number of hydrogen-bond acceptors (Lipinski definition) is 4. The van der Waals surface area contributed by atoms with E-state index >= 15 is 0 Å². The second-order valence-corrected chi connectivity index (χ2v) is 4.03. The van der Waals surface area contributed by atoms with Crippen molar-refractivity contribution in [2.45, 2.75) is 13.3 Å². The van der Waals surface area contributed by atoms with E-state index < -0.39 is 0 Å². The first kappa shape index (κ1) is 12.1. The van der Waals surface area contributed by atoms with E-state index in [1.807, 2.05) is 6.92 Å². The predicted molar refractivity (Wildman–Crippen MR) is 68.6 cm³/mol. The maximum atomic E-state index is 10.9. The number of aromatic nitrogens is 2. The smallest absolute Gasteiger partial charge is 0.292 e. The van der Waals surface area contributed by atoms with Crippen LogP contribution in [0.15, 0.2) is 30.7 Å². The number of aromatic amines is 1. The Balaban J connectivity index is 2.03. The van der Waals surface area contributed by atoms with Gasteiger partial charge in [0.2, 0.25) is 0 Å². The Hall–Kier alpha value is -2.37. The molecule has 0 aliphatic rings. The molecule has 94 valence electrons. The van der Waals surface area contributed by atoms with Crippen molar-refractivity contribution in [2.24, 2.45) is 0 Å². The summed E-state index contributed by atoms with van der Waals surface area (Å²) in [5, 5.41) is 14.0. The minimum absolute atomic E-state index is 0.102. The van der Waals surface area contributed by atoms with Gasteiger partial charge in [0, 0.05) is 30.9 Å². The largest absolute Gasteiger partial charge is 0.379 e. The highest BCUT2D eigenvalue weighted by Crippen LogP contribution is 2.24. The minimum Gasteiger partial charge on any atom is -0.379 e. The van der Waals surface area contributed by atoms with Crippen LogP contribution in [0.1, 0.15) is 11.3 Å². The number of nitro benzene ring substituents is 1. The molecule has 1 heterocycles. The minimum atomic E-state index is -0.377. The Morgan fingerprint density at radius 3 is 3.00 bits per heavy atom. The number of rotatable bonds is 5. The number of nitro groups is 1. The van der Waals surface area contributed by atoms with Gasteiger partial charge >= 0.3 is 0 Å². The average Bonchev–Trinajstić information content (AvgIpc) is 2.82. The molecule has 6 nitrogen and oxygen atoms in total. The highest BCUT2D eigenvalue weighted by molar-refractivity contribution is 5.62. The summed E-state index contributed by atoms with van der Waals surface area (Å²) in [6.45, 7) is 2.52. The Bertz CT molecular complexity index is 537. The number of nitrogens with zero attached hydrogens (tertiary/aromatic N) is 2. The van der Waals surface area contributed by atoms with Crippen LogP contribution in [0.4, 0.5) is 11.4 Å². The fraction of sp³-hybridized carbons (Fsp3) is 0.250. The molecular weight excluding hydrogens is 232 g/mol. The monoisotopic (exact) mass is 246 g/mol. The van der Waals surface area contributed by atoms with Gasteiger partial charge in [0.25, 0.3) is 5.69 Å². The fourth-order valence-electron chi connectivity index (χ4n) is 1.70. The lowest BCUT2D eigenvalue weighted by molar-refractivity contribution is -0.384. The molecule has 18 heavy (non-hydrogen) atoms. The van der Waals surface area contributed by atoms with Gasteiger partial charge in [0.05, 0.1) is 11.3 Å². The zero-order valence-electron chi connectivity index (χ0n) is 10.0. The molecule has 2 aromatic rings. The molecule has 0 spiro atoms. The van der Waals surface area contributed by atoms with E-state index in [-0.39, 0.29) is 10.6 Å². The zero-order valence-corrected chi connectivity index (χ0v) is 10.0. The second kappa shape index (κ2) is 5.31. The lowest BCUT2D eigenvalue weighted by Gasteiger charge is -2.07. The van der Waals surface area contributed by atoms with Gasteiger partial charge in [0.1, 0.15) is 5.69 Å². The molecule has 1 aromatic carbocycles. The Morgan fingerprint density at radius 2 is 2.33 bits per heavy atom. The van der Waals surface area contributed by atoms with Crippen molar-refractivity contribution >= 4 is 11.4 Å². The quantitative estimate of drug-likeness (QED) is 0.626. The van der Waals surface area contributed by atoms with Gasteiger partial charge < -0.3 is 10.3 Å². The van der Waals surface area contributed by atoms with Gasteiger partial charge in [-0.25, -0.2) is 4.98 Å². The first-order chi connectivity index (χ1) is 8.66. The van der Waals surface area contributed by atoms with E-state index in [9.17, 15) is 10.1 Å². The maximum Gasteiger partial charge on any atom is 0.292 e. The molecule has 0 saturated heterocycles. The third-order valence-corrected chi connectivity index (χ3v) is 2.61. The van der Waals surface area contributed by atoms with E-state index in [0.717, 1.165) is 17.7 Å². The number of nitrogens with one attached hydrogen (secondary N) is 2. The normalized spacial score (nSPS) is 10.3. The van der Waals surface area contributed by atoms with Gasteiger partial charge in [-0.2, -0.15) is 0 Å². The van der Waals surface area contributed by atoms with E-state index in [1.54, 1.807) is 24.7 Å². The molecule has 0 aliphatic heterocycles. The van der Waals surface area contributed by atoms with Crippen LogP contribution in [0.3, 0.4) is 0 Å². The summed E-state index contributed by atoms with van der Waals surface area (Å²) in [5.74, 6) is 0. The molecule has 1 aromatic heterocycles. The van der Waals surface area contributed by atoms with Gasteiger partial charge in [-0.15, -0.1) is 0 Å². The molecule has 2 rings (SSSR count). The van der Waals surface area contributed by atoms with Crippen LogP contribution in [0, 0.1) is 17.0 Å². The van der Waals surface area contributed by atoms with Crippen LogP contribution < -0.4 is 5.32 Å². The molecule has 0 radical (unpaired) electrons. The first-order valence-electron chi connectivity index (χ1n) is 5.63. The highest BCUT2D eigenvalue weighted by atomic mass is 16.6. The third-order valence-electron chi connectivity index (χ3n) is 2.61. The Labute approximate surface area is 104 Å². The van der Waals surface area contributed by atoms with E-state index in [4.69, 9.17) is 0 Å². The molecule has 0 bridgehead atoms. The van der Waals surface area contributed by atoms with Gasteiger partial charge in [-0.3, -0.25) is 10.1 Å². The van der Waals surface area contributed by atoms with Crippen molar-refractivity contribution in [3.05, 3.63) is 52.1 Å². The van der Waals surface area contributed by atoms with Crippen LogP contribution in [0.25, 0.3) is 0 Å². The third kappa shape index (κ3) is 2.85. The Kier molecular flexibility index (Phi) is 3.57. The predicted octanol–water partition coefficient (Wildman–Crippen LogP) is 2.28. The zero-order chi connectivity index (χ0) is 13.0. The summed E-state index contributed by atoms with van der Waals surface area (Å²) >= 11 is 0. The average molecular weight is 246 g/mol. The van der Waals surface area contributed by atoms with E-state index in [1.165, 1.54) is 6.07 Å². The molecule has 2 N–H and O–H groups in total. The Morgan fingerprint density at radius 1 is 1.50 bits per heavy atom. The number of anilines is 1. The van der Waals surface area contributed by atoms with Crippen LogP contribution >= 0.6 is 0 Å². The molecule has 0 saturated carbocycles. The maximum absolute atomic E-state index is 10.9. The topological polar surface area (TPSA) is 83.8 Å². The van der Waals surface area contributed by atoms with E-state index in [2.05, 4.69) is 15.3 Å². The molecule has 0 atom stereocenters. The van der Waals surface area contributed by atoms with Crippen molar-refractivity contribution in [2.75, 3.05) is 11.9 Å². The van der Waals surface area contributed by atoms with Crippen molar-refractivity contribution in [1.82, 2.24) is 9.97 Å². The first-order valence-corrected chi connectivity index (χ1v) is 5.63. The standard InChI is InChI=1S/C12H14N4O2/c1-9-2-3-12(16(17)18)11(6-9)14-5-4-10-7-13-8-15-10/h2-3,6-8,14H,4-5H2,1H3,(H,13,15). The van der Waals surface area contributed by atoms with Gasteiger partial charge in [-0.05, 0) is 18.6 Å². The summed E-state index contributed by atoms with van der Waals surface area (Å²) in [4.78, 5) is 17.4. The number of hydrogen-bond donors (Lipinski definition) is 2.